The zero-order valence-electron chi connectivity index (χ0n) is 9.99. The second kappa shape index (κ2) is 5.17. The van der Waals surface area contributed by atoms with Crippen molar-refractivity contribution in [1.29, 1.82) is 0 Å². The highest BCUT2D eigenvalue weighted by Gasteiger charge is 2.29. The van der Waals surface area contributed by atoms with E-state index >= 15 is 0 Å². The molecule has 0 radical (unpaired) electrons. The quantitative estimate of drug-likeness (QED) is 0.785. The van der Waals surface area contributed by atoms with Crippen molar-refractivity contribution in [3.63, 3.8) is 0 Å². The molecule has 0 aromatic carbocycles. The molecule has 2 unspecified atom stereocenters. The predicted molar refractivity (Wildman–Crippen MR) is 72.1 cm³/mol. The molecule has 0 aliphatic carbocycles. The number of hydrogen-bond acceptors (Lipinski definition) is 2. The van der Waals surface area contributed by atoms with Crippen LogP contribution >= 0.6 is 15.9 Å². The molecule has 2 heterocycles. The molecular formula is C13H19BrN2. The minimum Gasteiger partial charge on any atom is -0.351 e. The summed E-state index contributed by atoms with van der Waals surface area (Å²) in [6.45, 7) is 4.57. The Kier molecular flexibility index (Phi) is 3.85. The molecule has 1 fully saturated rings. The Balaban J connectivity index is 2.21. The van der Waals surface area contributed by atoms with Gasteiger partial charge in [-0.25, -0.2) is 4.98 Å². The van der Waals surface area contributed by atoms with Gasteiger partial charge in [0.2, 0.25) is 0 Å². The number of anilines is 1. The average molecular weight is 283 g/mol. The minimum absolute atomic E-state index is 0.632. The van der Waals surface area contributed by atoms with E-state index in [1.54, 1.807) is 0 Å². The van der Waals surface area contributed by atoms with Gasteiger partial charge < -0.3 is 4.90 Å². The molecule has 0 saturated carbocycles. The van der Waals surface area contributed by atoms with Gasteiger partial charge in [-0.1, -0.05) is 28.9 Å². The molecule has 2 nitrogen and oxygen atoms in total. The van der Waals surface area contributed by atoms with E-state index in [1.807, 2.05) is 6.20 Å². The Labute approximate surface area is 106 Å². The van der Waals surface area contributed by atoms with Gasteiger partial charge in [-0.05, 0) is 37.8 Å². The van der Waals surface area contributed by atoms with Crippen molar-refractivity contribution in [2.24, 2.45) is 0 Å². The lowest BCUT2D eigenvalue weighted by Gasteiger charge is -2.29. The maximum atomic E-state index is 4.58. The summed E-state index contributed by atoms with van der Waals surface area (Å²) in [6, 6.07) is 5.63. The minimum atomic E-state index is 0.632. The Morgan fingerprint density at radius 1 is 1.44 bits per heavy atom. The van der Waals surface area contributed by atoms with Gasteiger partial charge in [0.25, 0.3) is 0 Å². The molecule has 0 spiro atoms. The van der Waals surface area contributed by atoms with Gasteiger partial charge in [0, 0.05) is 23.6 Å². The summed E-state index contributed by atoms with van der Waals surface area (Å²) in [7, 11) is 0. The van der Waals surface area contributed by atoms with Crippen molar-refractivity contribution in [3.05, 3.63) is 23.9 Å². The van der Waals surface area contributed by atoms with E-state index in [1.165, 1.54) is 24.8 Å². The third kappa shape index (κ3) is 2.24. The molecule has 0 amide bonds. The van der Waals surface area contributed by atoms with Crippen LogP contribution in [0.5, 0.6) is 0 Å². The standard InChI is InChI=1S/C13H19BrN2/c1-3-12-6-4-10(2)16(12)13-7-5-11(8-14)9-15-13/h5,7,9-10,12H,3-4,6,8H2,1-2H3. The highest BCUT2D eigenvalue weighted by molar-refractivity contribution is 9.08. The topological polar surface area (TPSA) is 16.1 Å². The summed E-state index contributed by atoms with van der Waals surface area (Å²) in [5, 5.41) is 0.882. The SMILES string of the molecule is CCC1CCC(C)N1c1ccc(CBr)cn1. The van der Waals surface area contributed by atoms with E-state index in [0.29, 0.717) is 12.1 Å². The second-order valence-corrected chi connectivity index (χ2v) is 5.11. The zero-order valence-corrected chi connectivity index (χ0v) is 11.6. The van der Waals surface area contributed by atoms with Crippen LogP contribution in [0.15, 0.2) is 18.3 Å². The van der Waals surface area contributed by atoms with Crippen LogP contribution in [0.2, 0.25) is 0 Å². The Hall–Kier alpha value is -0.570. The van der Waals surface area contributed by atoms with Gasteiger partial charge >= 0.3 is 0 Å². The lowest BCUT2D eigenvalue weighted by molar-refractivity contribution is 0.621. The molecular weight excluding hydrogens is 264 g/mol. The third-order valence-corrected chi connectivity index (χ3v) is 4.13. The molecule has 2 rings (SSSR count). The van der Waals surface area contributed by atoms with Crippen LogP contribution in [0.1, 0.15) is 38.7 Å². The fourth-order valence-electron chi connectivity index (χ4n) is 2.53. The lowest BCUT2D eigenvalue weighted by atomic mass is 10.1. The van der Waals surface area contributed by atoms with Crippen LogP contribution < -0.4 is 4.90 Å². The number of pyridine rings is 1. The molecule has 1 aliphatic rings. The van der Waals surface area contributed by atoms with Crippen molar-refractivity contribution in [2.45, 2.75) is 50.5 Å². The van der Waals surface area contributed by atoms with E-state index in [2.05, 4.69) is 51.8 Å². The van der Waals surface area contributed by atoms with Gasteiger partial charge in [-0.15, -0.1) is 0 Å². The summed E-state index contributed by atoms with van der Waals surface area (Å²) in [5.74, 6) is 1.14. The van der Waals surface area contributed by atoms with Gasteiger partial charge in [-0.2, -0.15) is 0 Å². The van der Waals surface area contributed by atoms with Crippen LogP contribution in [0.25, 0.3) is 0 Å². The highest BCUT2D eigenvalue weighted by atomic mass is 79.9. The van der Waals surface area contributed by atoms with Crippen molar-refractivity contribution >= 4 is 21.7 Å². The van der Waals surface area contributed by atoms with Crippen LogP contribution in [0, 0.1) is 0 Å². The molecule has 2 atom stereocenters. The number of halogens is 1. The maximum absolute atomic E-state index is 4.58. The highest BCUT2D eigenvalue weighted by Crippen LogP contribution is 2.30. The fraction of sp³-hybridized carbons (Fsp3) is 0.615. The van der Waals surface area contributed by atoms with E-state index < -0.39 is 0 Å². The summed E-state index contributed by atoms with van der Waals surface area (Å²) in [4.78, 5) is 7.06. The first-order chi connectivity index (χ1) is 7.76. The monoisotopic (exact) mass is 282 g/mol. The third-order valence-electron chi connectivity index (χ3n) is 3.49. The van der Waals surface area contributed by atoms with Gasteiger partial charge in [0.05, 0.1) is 0 Å². The number of hydrogen-bond donors (Lipinski definition) is 0. The Morgan fingerprint density at radius 3 is 2.81 bits per heavy atom. The molecule has 3 heteroatoms. The van der Waals surface area contributed by atoms with Crippen molar-refractivity contribution in [3.8, 4) is 0 Å². The van der Waals surface area contributed by atoms with Crippen LogP contribution in [-0.2, 0) is 5.33 Å². The summed E-state index contributed by atoms with van der Waals surface area (Å²) in [6.07, 6.45) is 5.79. The number of alkyl halides is 1. The molecule has 1 aromatic heterocycles. The fourth-order valence-corrected chi connectivity index (χ4v) is 2.87. The second-order valence-electron chi connectivity index (χ2n) is 4.55. The van der Waals surface area contributed by atoms with Crippen LogP contribution in [0.3, 0.4) is 0 Å². The first kappa shape index (κ1) is 11.9. The van der Waals surface area contributed by atoms with E-state index in [-0.39, 0.29) is 0 Å². The number of rotatable bonds is 3. The van der Waals surface area contributed by atoms with Crippen molar-refractivity contribution < 1.29 is 0 Å². The summed E-state index contributed by atoms with van der Waals surface area (Å²) >= 11 is 3.45. The predicted octanol–water partition coefficient (Wildman–Crippen LogP) is 3.74. The lowest BCUT2D eigenvalue weighted by Crippen LogP contribution is -2.34. The molecule has 88 valence electrons. The average Bonchev–Trinajstić information content (AvgIpc) is 2.70. The smallest absolute Gasteiger partial charge is 0.128 e. The Bertz CT molecular complexity index is 336. The molecule has 16 heavy (non-hydrogen) atoms. The van der Waals surface area contributed by atoms with E-state index in [4.69, 9.17) is 0 Å². The molecule has 1 aromatic rings. The van der Waals surface area contributed by atoms with Gasteiger partial charge in [0.1, 0.15) is 5.82 Å². The Morgan fingerprint density at radius 2 is 2.25 bits per heavy atom. The maximum Gasteiger partial charge on any atom is 0.128 e. The molecule has 0 bridgehead atoms. The van der Waals surface area contributed by atoms with Crippen LogP contribution in [-0.4, -0.2) is 17.1 Å². The molecule has 0 N–H and O–H groups in total. The molecule has 1 aliphatic heterocycles. The van der Waals surface area contributed by atoms with Gasteiger partial charge in [0.15, 0.2) is 0 Å². The van der Waals surface area contributed by atoms with Crippen molar-refractivity contribution in [2.75, 3.05) is 4.90 Å². The molecule has 1 saturated heterocycles. The zero-order chi connectivity index (χ0) is 11.5. The largest absolute Gasteiger partial charge is 0.351 e. The van der Waals surface area contributed by atoms with Crippen LogP contribution in [0.4, 0.5) is 5.82 Å². The summed E-state index contributed by atoms with van der Waals surface area (Å²) < 4.78 is 0. The van der Waals surface area contributed by atoms with E-state index in [0.717, 1.165) is 11.1 Å². The number of aromatic nitrogens is 1. The van der Waals surface area contributed by atoms with E-state index in [9.17, 15) is 0 Å². The first-order valence-corrected chi connectivity index (χ1v) is 7.17. The van der Waals surface area contributed by atoms with Crippen molar-refractivity contribution in [1.82, 2.24) is 4.98 Å². The summed E-state index contributed by atoms with van der Waals surface area (Å²) in [5.41, 5.74) is 1.24. The normalized spacial score (nSPS) is 25.1. The van der Waals surface area contributed by atoms with Gasteiger partial charge in [-0.3, -0.25) is 0 Å². The number of nitrogens with zero attached hydrogens (tertiary/aromatic N) is 2. The first-order valence-electron chi connectivity index (χ1n) is 6.05.